The topological polar surface area (TPSA) is 32.3 Å². The van der Waals surface area contributed by atoms with Gasteiger partial charge < -0.3 is 0 Å². The lowest BCUT2D eigenvalue weighted by Gasteiger charge is -2.34. The number of nitrogens with zero attached hydrogens (tertiary/aromatic N) is 1. The summed E-state index contributed by atoms with van der Waals surface area (Å²) in [6.45, 7) is 7.97. The fourth-order valence-corrected chi connectivity index (χ4v) is 2.15. The first-order chi connectivity index (χ1) is 8.31. The Kier molecular flexibility index (Phi) is 4.77. The predicted molar refractivity (Wildman–Crippen MR) is 75.8 cm³/mol. The lowest BCUT2D eigenvalue weighted by molar-refractivity contribution is 0.0442. The first-order valence-corrected chi connectivity index (χ1v) is 6.49. The van der Waals surface area contributed by atoms with E-state index in [-0.39, 0.29) is 11.4 Å². The molecule has 4 heteroatoms. The van der Waals surface area contributed by atoms with Gasteiger partial charge in [0, 0.05) is 17.6 Å². The second-order valence-corrected chi connectivity index (χ2v) is 5.60. The first-order valence-electron chi connectivity index (χ1n) is 6.11. The molecule has 0 bridgehead atoms. The maximum Gasteiger partial charge on any atom is 0.268 e. The molecular weight excluding hydrogens is 248 g/mol. The van der Waals surface area contributed by atoms with E-state index in [1.807, 2.05) is 39.8 Å². The molecule has 0 atom stereocenters. The third-order valence-corrected chi connectivity index (χ3v) is 3.13. The number of halogens is 1. The van der Waals surface area contributed by atoms with Crippen molar-refractivity contribution >= 4 is 17.5 Å². The van der Waals surface area contributed by atoms with Crippen LogP contribution >= 0.6 is 11.6 Å². The van der Waals surface area contributed by atoms with Gasteiger partial charge in [-0.2, -0.15) is 0 Å². The van der Waals surface area contributed by atoms with Crippen LogP contribution in [0.1, 0.15) is 43.6 Å². The molecule has 0 fully saturated rings. The van der Waals surface area contributed by atoms with E-state index in [1.54, 1.807) is 18.1 Å². The zero-order valence-corrected chi connectivity index (χ0v) is 12.4. The minimum atomic E-state index is -0.290. The Bertz CT molecular complexity index is 438. The van der Waals surface area contributed by atoms with Gasteiger partial charge in [-0.05, 0) is 44.9 Å². The molecule has 0 aliphatic heterocycles. The standard InChI is InChI=1S/C14H21ClN2O/c1-6-10-7-8-11(9-12(10)15)13(18)17(16-5)14(2,3)4/h7-9,16H,6H2,1-5H3. The summed E-state index contributed by atoms with van der Waals surface area (Å²) in [5.41, 5.74) is 4.29. The number of hydrogen-bond donors (Lipinski definition) is 1. The largest absolute Gasteiger partial charge is 0.269 e. The number of rotatable bonds is 3. The van der Waals surface area contributed by atoms with Crippen molar-refractivity contribution in [2.45, 2.75) is 39.7 Å². The maximum atomic E-state index is 12.4. The number of carbonyl (C=O) groups is 1. The molecule has 3 nitrogen and oxygen atoms in total. The molecule has 0 aromatic heterocycles. The van der Waals surface area contributed by atoms with Crippen LogP contribution in [0.15, 0.2) is 18.2 Å². The monoisotopic (exact) mass is 268 g/mol. The van der Waals surface area contributed by atoms with Crippen molar-refractivity contribution < 1.29 is 4.79 Å². The fraction of sp³-hybridized carbons (Fsp3) is 0.500. The van der Waals surface area contributed by atoms with Crippen LogP contribution in [-0.2, 0) is 6.42 Å². The molecule has 100 valence electrons. The summed E-state index contributed by atoms with van der Waals surface area (Å²) in [6.07, 6.45) is 0.863. The van der Waals surface area contributed by atoms with Gasteiger partial charge in [-0.25, -0.2) is 5.43 Å². The molecule has 0 heterocycles. The second-order valence-electron chi connectivity index (χ2n) is 5.19. The Morgan fingerprint density at radius 1 is 1.39 bits per heavy atom. The van der Waals surface area contributed by atoms with Gasteiger partial charge in [0.05, 0.1) is 5.54 Å². The summed E-state index contributed by atoms with van der Waals surface area (Å²) in [5, 5.41) is 2.25. The predicted octanol–water partition coefficient (Wildman–Crippen LogP) is 3.28. The average Bonchev–Trinajstić information content (AvgIpc) is 2.27. The van der Waals surface area contributed by atoms with Crippen LogP contribution in [0.25, 0.3) is 0 Å². The van der Waals surface area contributed by atoms with E-state index >= 15 is 0 Å². The Labute approximate surface area is 114 Å². The zero-order chi connectivity index (χ0) is 13.9. The minimum Gasteiger partial charge on any atom is -0.269 e. The number of aryl methyl sites for hydroxylation is 1. The van der Waals surface area contributed by atoms with Gasteiger partial charge >= 0.3 is 0 Å². The van der Waals surface area contributed by atoms with Gasteiger partial charge in [0.15, 0.2) is 0 Å². The highest BCUT2D eigenvalue weighted by Gasteiger charge is 2.26. The highest BCUT2D eigenvalue weighted by Crippen LogP contribution is 2.21. The normalized spacial score (nSPS) is 11.4. The van der Waals surface area contributed by atoms with Crippen LogP contribution in [0, 0.1) is 0 Å². The summed E-state index contributed by atoms with van der Waals surface area (Å²) in [5.74, 6) is -0.0745. The molecule has 0 spiro atoms. The van der Waals surface area contributed by atoms with E-state index in [9.17, 15) is 4.79 Å². The van der Waals surface area contributed by atoms with Gasteiger partial charge in [-0.1, -0.05) is 24.6 Å². The molecule has 18 heavy (non-hydrogen) atoms. The number of hydrogen-bond acceptors (Lipinski definition) is 2. The number of nitrogens with one attached hydrogen (secondary N) is 1. The van der Waals surface area contributed by atoms with Gasteiger partial charge in [0.1, 0.15) is 0 Å². The van der Waals surface area contributed by atoms with Gasteiger partial charge in [0.25, 0.3) is 5.91 Å². The zero-order valence-electron chi connectivity index (χ0n) is 11.7. The van der Waals surface area contributed by atoms with Crippen molar-refractivity contribution in [1.29, 1.82) is 0 Å². The molecule has 1 rings (SSSR count). The molecule has 0 aliphatic carbocycles. The Morgan fingerprint density at radius 2 is 2.00 bits per heavy atom. The van der Waals surface area contributed by atoms with Crippen molar-refractivity contribution in [2.24, 2.45) is 0 Å². The van der Waals surface area contributed by atoms with Gasteiger partial charge in [-0.15, -0.1) is 0 Å². The van der Waals surface area contributed by atoms with Crippen molar-refractivity contribution in [1.82, 2.24) is 10.4 Å². The molecule has 0 saturated carbocycles. The fourth-order valence-electron chi connectivity index (χ4n) is 1.84. The van der Waals surface area contributed by atoms with Crippen LogP contribution in [-0.4, -0.2) is 23.5 Å². The maximum absolute atomic E-state index is 12.4. The number of carbonyl (C=O) groups excluding carboxylic acids is 1. The van der Waals surface area contributed by atoms with Crippen molar-refractivity contribution in [3.05, 3.63) is 34.3 Å². The van der Waals surface area contributed by atoms with Crippen LogP contribution in [0.5, 0.6) is 0 Å². The number of amides is 1. The first kappa shape index (κ1) is 15.0. The summed E-state index contributed by atoms with van der Waals surface area (Å²) in [6, 6.07) is 5.47. The summed E-state index contributed by atoms with van der Waals surface area (Å²) < 4.78 is 0. The molecule has 0 unspecified atom stereocenters. The third-order valence-electron chi connectivity index (χ3n) is 2.78. The number of hydrazine groups is 1. The average molecular weight is 269 g/mol. The molecule has 1 aromatic rings. The van der Waals surface area contributed by atoms with E-state index in [4.69, 9.17) is 11.6 Å². The van der Waals surface area contributed by atoms with E-state index in [2.05, 4.69) is 5.43 Å². The van der Waals surface area contributed by atoms with Crippen LogP contribution in [0.2, 0.25) is 5.02 Å². The molecule has 0 radical (unpaired) electrons. The second kappa shape index (κ2) is 5.72. The van der Waals surface area contributed by atoms with E-state index < -0.39 is 0 Å². The van der Waals surface area contributed by atoms with Crippen molar-refractivity contribution in [3.8, 4) is 0 Å². The quantitative estimate of drug-likeness (QED) is 0.854. The van der Waals surface area contributed by atoms with Crippen LogP contribution in [0.4, 0.5) is 0 Å². The lowest BCUT2D eigenvalue weighted by Crippen LogP contribution is -2.52. The third kappa shape index (κ3) is 3.24. The number of benzene rings is 1. The molecule has 1 aromatic carbocycles. The van der Waals surface area contributed by atoms with E-state index in [1.165, 1.54) is 0 Å². The molecule has 1 amide bonds. The molecular formula is C14H21ClN2O. The minimum absolute atomic E-state index is 0.0745. The summed E-state index contributed by atoms with van der Waals surface area (Å²) >= 11 is 6.14. The van der Waals surface area contributed by atoms with Crippen molar-refractivity contribution in [3.63, 3.8) is 0 Å². The Hall–Kier alpha value is -1.06. The highest BCUT2D eigenvalue weighted by molar-refractivity contribution is 6.31. The van der Waals surface area contributed by atoms with Crippen LogP contribution in [0.3, 0.4) is 0 Å². The lowest BCUT2D eigenvalue weighted by atomic mass is 10.0. The molecule has 0 aliphatic rings. The Balaban J connectivity index is 3.07. The Morgan fingerprint density at radius 3 is 2.39 bits per heavy atom. The van der Waals surface area contributed by atoms with Crippen molar-refractivity contribution in [2.75, 3.05) is 7.05 Å². The van der Waals surface area contributed by atoms with Gasteiger partial charge in [0.2, 0.25) is 0 Å². The van der Waals surface area contributed by atoms with E-state index in [0.717, 1.165) is 12.0 Å². The molecule has 0 saturated heterocycles. The molecule has 1 N–H and O–H groups in total. The SMILES string of the molecule is CCc1ccc(C(=O)N(NC)C(C)(C)C)cc1Cl. The van der Waals surface area contributed by atoms with E-state index in [0.29, 0.717) is 10.6 Å². The smallest absolute Gasteiger partial charge is 0.268 e. The van der Waals surface area contributed by atoms with Gasteiger partial charge in [-0.3, -0.25) is 9.80 Å². The summed E-state index contributed by atoms with van der Waals surface area (Å²) in [4.78, 5) is 12.4. The summed E-state index contributed by atoms with van der Waals surface area (Å²) in [7, 11) is 1.74. The van der Waals surface area contributed by atoms with Crippen LogP contribution < -0.4 is 5.43 Å². The highest BCUT2D eigenvalue weighted by atomic mass is 35.5.